The van der Waals surface area contributed by atoms with E-state index < -0.39 is 0 Å². The lowest BCUT2D eigenvalue weighted by Gasteiger charge is -2.61. The highest BCUT2D eigenvalue weighted by atomic mass is 16.7. The van der Waals surface area contributed by atoms with Crippen LogP contribution in [0.25, 0.3) is 0 Å². The van der Waals surface area contributed by atoms with E-state index in [9.17, 15) is 5.11 Å². The summed E-state index contributed by atoms with van der Waals surface area (Å²) in [5.41, 5.74) is 0.899. The van der Waals surface area contributed by atoms with E-state index in [2.05, 4.69) is 27.7 Å². The molecule has 170 valence electrons. The lowest BCUT2D eigenvalue weighted by Crippen LogP contribution is -2.55. The van der Waals surface area contributed by atoms with Gasteiger partial charge in [-0.25, -0.2) is 0 Å². The lowest BCUT2D eigenvalue weighted by molar-refractivity contribution is -0.273. The number of hydrogen-bond donors (Lipinski definition) is 1. The van der Waals surface area contributed by atoms with E-state index >= 15 is 0 Å². The summed E-state index contributed by atoms with van der Waals surface area (Å²) in [6, 6.07) is 0. The maximum Gasteiger partial charge on any atom is 0.171 e. The van der Waals surface area contributed by atoms with E-state index in [-0.39, 0.29) is 11.9 Å². The topological polar surface area (TPSA) is 38.7 Å². The van der Waals surface area contributed by atoms with Crippen molar-refractivity contribution in [2.45, 2.75) is 110 Å². The van der Waals surface area contributed by atoms with E-state index in [1.54, 1.807) is 0 Å². The van der Waals surface area contributed by atoms with Gasteiger partial charge in [-0.05, 0) is 104 Å². The molecule has 3 heteroatoms. The quantitative estimate of drug-likeness (QED) is 0.543. The lowest BCUT2D eigenvalue weighted by atomic mass is 9.44. The van der Waals surface area contributed by atoms with Gasteiger partial charge in [-0.15, -0.1) is 0 Å². The molecule has 4 aliphatic carbocycles. The van der Waals surface area contributed by atoms with Crippen LogP contribution in [0.4, 0.5) is 0 Å². The molecule has 1 spiro atoms. The zero-order valence-electron chi connectivity index (χ0n) is 19.7. The molecule has 0 amide bonds. The summed E-state index contributed by atoms with van der Waals surface area (Å²) in [5.74, 6) is 4.93. The zero-order chi connectivity index (χ0) is 20.9. The molecular formula is C27H44O3. The second kappa shape index (κ2) is 6.70. The van der Waals surface area contributed by atoms with E-state index in [0.29, 0.717) is 34.7 Å². The molecule has 4 saturated carbocycles. The van der Waals surface area contributed by atoms with Gasteiger partial charge in [0.05, 0.1) is 18.8 Å². The smallest absolute Gasteiger partial charge is 0.171 e. The molecule has 0 radical (unpaired) electrons. The maximum atomic E-state index is 10.3. The van der Waals surface area contributed by atoms with Gasteiger partial charge in [-0.1, -0.05) is 27.7 Å². The first-order valence-electron chi connectivity index (χ1n) is 13.3. The van der Waals surface area contributed by atoms with Gasteiger partial charge in [0.25, 0.3) is 0 Å². The largest absolute Gasteiger partial charge is 0.393 e. The van der Waals surface area contributed by atoms with Crippen molar-refractivity contribution in [1.82, 2.24) is 0 Å². The molecule has 0 bridgehead atoms. The number of ether oxygens (including phenoxy) is 2. The van der Waals surface area contributed by atoms with Crippen LogP contribution < -0.4 is 0 Å². The normalized spacial score (nSPS) is 62.5. The summed E-state index contributed by atoms with van der Waals surface area (Å²) in [7, 11) is 0. The molecule has 6 rings (SSSR count). The van der Waals surface area contributed by atoms with Crippen molar-refractivity contribution in [3.8, 4) is 0 Å². The average molecular weight is 417 g/mol. The molecule has 12 atom stereocenters. The first-order chi connectivity index (χ1) is 14.3. The maximum absolute atomic E-state index is 10.3. The molecule has 0 aromatic rings. The third kappa shape index (κ3) is 2.61. The molecule has 30 heavy (non-hydrogen) atoms. The van der Waals surface area contributed by atoms with Crippen molar-refractivity contribution in [3.63, 3.8) is 0 Å². The van der Waals surface area contributed by atoms with Gasteiger partial charge in [-0.3, -0.25) is 0 Å². The van der Waals surface area contributed by atoms with Crippen molar-refractivity contribution in [2.24, 2.45) is 52.3 Å². The van der Waals surface area contributed by atoms with Crippen molar-refractivity contribution >= 4 is 0 Å². The van der Waals surface area contributed by atoms with Gasteiger partial charge in [0, 0.05) is 12.3 Å². The predicted molar refractivity (Wildman–Crippen MR) is 118 cm³/mol. The van der Waals surface area contributed by atoms with Crippen molar-refractivity contribution in [3.05, 3.63) is 0 Å². The molecule has 6 aliphatic rings. The first-order valence-corrected chi connectivity index (χ1v) is 13.3. The highest BCUT2D eigenvalue weighted by molar-refractivity contribution is 5.15. The molecule has 0 aromatic carbocycles. The summed E-state index contributed by atoms with van der Waals surface area (Å²) < 4.78 is 13.4. The number of rotatable bonds is 0. The number of aliphatic hydroxyl groups excluding tert-OH is 1. The molecule has 2 saturated heterocycles. The summed E-state index contributed by atoms with van der Waals surface area (Å²) in [5, 5.41) is 10.3. The summed E-state index contributed by atoms with van der Waals surface area (Å²) in [6.45, 7) is 10.9. The van der Waals surface area contributed by atoms with E-state index in [1.165, 1.54) is 44.9 Å². The Morgan fingerprint density at radius 1 is 0.833 bits per heavy atom. The highest BCUT2D eigenvalue weighted by Gasteiger charge is 2.69. The zero-order valence-corrected chi connectivity index (χ0v) is 19.7. The van der Waals surface area contributed by atoms with E-state index in [0.717, 1.165) is 49.5 Å². The van der Waals surface area contributed by atoms with Gasteiger partial charge < -0.3 is 14.6 Å². The van der Waals surface area contributed by atoms with Crippen LogP contribution in [-0.2, 0) is 9.47 Å². The third-order valence-corrected chi connectivity index (χ3v) is 11.9. The minimum absolute atomic E-state index is 0.0389. The van der Waals surface area contributed by atoms with E-state index in [4.69, 9.17) is 9.47 Å². The van der Waals surface area contributed by atoms with Crippen molar-refractivity contribution < 1.29 is 14.6 Å². The predicted octanol–water partition coefficient (Wildman–Crippen LogP) is 5.79. The number of hydrogen-bond acceptors (Lipinski definition) is 3. The van der Waals surface area contributed by atoms with Gasteiger partial charge in [-0.2, -0.15) is 0 Å². The van der Waals surface area contributed by atoms with Crippen LogP contribution in [0.5, 0.6) is 0 Å². The molecule has 2 heterocycles. The summed E-state index contributed by atoms with van der Waals surface area (Å²) in [6.07, 6.45) is 12.9. The Morgan fingerprint density at radius 3 is 2.40 bits per heavy atom. The Labute approximate surface area is 183 Å². The fourth-order valence-electron chi connectivity index (χ4n) is 10.3. The number of fused-ring (bicyclic) bond motifs is 7. The van der Waals surface area contributed by atoms with Crippen LogP contribution in [0.15, 0.2) is 0 Å². The van der Waals surface area contributed by atoms with Gasteiger partial charge in [0.2, 0.25) is 0 Å². The summed E-state index contributed by atoms with van der Waals surface area (Å²) >= 11 is 0. The Bertz CT molecular complexity index is 684. The van der Waals surface area contributed by atoms with Crippen LogP contribution in [0.3, 0.4) is 0 Å². The monoisotopic (exact) mass is 416 g/mol. The third-order valence-electron chi connectivity index (χ3n) is 11.9. The fraction of sp³-hybridized carbons (Fsp3) is 1.00. The summed E-state index contributed by atoms with van der Waals surface area (Å²) in [4.78, 5) is 0. The van der Waals surface area contributed by atoms with Crippen molar-refractivity contribution in [1.29, 1.82) is 0 Å². The second-order valence-electron chi connectivity index (χ2n) is 13.1. The van der Waals surface area contributed by atoms with Crippen molar-refractivity contribution in [2.75, 3.05) is 6.61 Å². The molecule has 6 fully saturated rings. The SMILES string of the molecule is C[C@@H]1CC[C@]2(OC1)O[C@@H]1C[C@@H]3[C@H]4CC[C@H]5C[C@H](O)CC[C@@]5(C)[C@@H]4CC[C@@]3(C)[C@@H]1[C@H]2C. The van der Waals surface area contributed by atoms with Gasteiger partial charge in [0.15, 0.2) is 5.79 Å². The van der Waals surface area contributed by atoms with Gasteiger partial charge >= 0.3 is 0 Å². The first kappa shape index (κ1) is 20.5. The van der Waals surface area contributed by atoms with Crippen LogP contribution in [-0.4, -0.2) is 29.7 Å². The molecule has 3 nitrogen and oxygen atoms in total. The molecule has 0 aromatic heterocycles. The van der Waals surface area contributed by atoms with Crippen LogP contribution in [0, 0.1) is 52.3 Å². The van der Waals surface area contributed by atoms with Crippen LogP contribution in [0.2, 0.25) is 0 Å². The van der Waals surface area contributed by atoms with E-state index in [1.807, 2.05) is 0 Å². The highest BCUT2D eigenvalue weighted by Crippen LogP contribution is 2.71. The average Bonchev–Trinajstić information content (AvgIpc) is 3.16. The standard InChI is InChI=1S/C27H44O3/c1-16-7-12-27(29-15-16)17(2)24-23(30-27)14-22-20-6-5-18-13-19(28)8-10-25(18,3)21(20)9-11-26(22,24)4/h16-24,28H,5-15H2,1-4H3/t16-,17-,18+,19-,20+,21-,22-,23-,24-,25-,26-,27+/m1/s1. The molecule has 0 unspecified atom stereocenters. The molecule has 2 aliphatic heterocycles. The Balaban J connectivity index is 1.26. The minimum atomic E-state index is -0.282. The Morgan fingerprint density at radius 2 is 1.63 bits per heavy atom. The Kier molecular flexibility index (Phi) is 4.58. The minimum Gasteiger partial charge on any atom is -0.393 e. The number of aliphatic hydroxyl groups is 1. The fourth-order valence-corrected chi connectivity index (χ4v) is 10.3. The van der Waals surface area contributed by atoms with Gasteiger partial charge in [0.1, 0.15) is 0 Å². The molecular weight excluding hydrogens is 372 g/mol. The molecule has 1 N–H and O–H groups in total. The second-order valence-corrected chi connectivity index (χ2v) is 13.1. The Hall–Kier alpha value is -0.120. The van der Waals surface area contributed by atoms with Crippen LogP contribution in [0.1, 0.15) is 91.9 Å². The van der Waals surface area contributed by atoms with Crippen LogP contribution >= 0.6 is 0 Å².